The molecule has 2 aromatic carbocycles. The number of hydrazone groups is 1. The van der Waals surface area contributed by atoms with Gasteiger partial charge in [-0.25, -0.2) is 0 Å². The van der Waals surface area contributed by atoms with E-state index in [9.17, 15) is 9.90 Å². The van der Waals surface area contributed by atoms with Crippen molar-refractivity contribution in [3.8, 4) is 0 Å². The van der Waals surface area contributed by atoms with Crippen molar-refractivity contribution < 1.29 is 9.90 Å². The lowest BCUT2D eigenvalue weighted by atomic mass is 10.1. The van der Waals surface area contributed by atoms with Crippen molar-refractivity contribution in [1.82, 2.24) is 0 Å². The number of hydrogen-bond donors (Lipinski definition) is 1. The zero-order valence-electron chi connectivity index (χ0n) is 10.8. The average Bonchev–Trinajstić information content (AvgIpc) is 2.45. The number of aromatic carboxylic acids is 1. The van der Waals surface area contributed by atoms with Crippen LogP contribution in [0.4, 0.5) is 5.69 Å². The third-order valence-corrected chi connectivity index (χ3v) is 3.43. The maximum Gasteiger partial charge on any atom is 0.0715 e. The number of carboxylic acids is 1. The van der Waals surface area contributed by atoms with Crippen LogP contribution in [0.1, 0.15) is 22.8 Å². The minimum absolute atomic E-state index is 0.141. The van der Waals surface area contributed by atoms with Crippen molar-refractivity contribution in [2.24, 2.45) is 5.10 Å². The van der Waals surface area contributed by atoms with E-state index >= 15 is 0 Å². The molecule has 0 aliphatic heterocycles. The molecule has 0 aliphatic rings. The lowest BCUT2D eigenvalue weighted by Gasteiger charge is -2.07. The molecule has 0 amide bonds. The van der Waals surface area contributed by atoms with Crippen molar-refractivity contribution in [2.45, 2.75) is 6.92 Å². The van der Waals surface area contributed by atoms with Crippen molar-refractivity contribution in [2.75, 3.05) is 5.43 Å². The van der Waals surface area contributed by atoms with Crippen LogP contribution in [0, 0.1) is 0 Å². The number of carbonyl (C=O) groups is 1. The fourth-order valence-corrected chi connectivity index (χ4v) is 2.22. The summed E-state index contributed by atoms with van der Waals surface area (Å²) in [5.41, 5.74) is 5.55. The molecule has 0 saturated heterocycles. The number of halogens is 1. The first kappa shape index (κ1) is 14.3. The first-order valence-electron chi connectivity index (χ1n) is 5.94. The molecule has 0 bridgehead atoms. The monoisotopic (exact) mass is 331 g/mol. The van der Waals surface area contributed by atoms with Crippen molar-refractivity contribution in [3.63, 3.8) is 0 Å². The van der Waals surface area contributed by atoms with Gasteiger partial charge in [0.05, 0.1) is 17.4 Å². The molecule has 0 spiro atoms. The van der Waals surface area contributed by atoms with E-state index in [1.54, 1.807) is 12.1 Å². The minimum atomic E-state index is -1.19. The molecule has 20 heavy (non-hydrogen) atoms. The number of hydrogen-bond acceptors (Lipinski definition) is 4. The van der Waals surface area contributed by atoms with Gasteiger partial charge in [0.25, 0.3) is 0 Å². The molecular formula is C15H12BrN2O2-. The Balaban J connectivity index is 2.13. The minimum Gasteiger partial charge on any atom is -0.545 e. The van der Waals surface area contributed by atoms with Crippen LogP contribution in [0.5, 0.6) is 0 Å². The van der Waals surface area contributed by atoms with E-state index in [4.69, 9.17) is 0 Å². The van der Waals surface area contributed by atoms with Gasteiger partial charge < -0.3 is 9.90 Å². The summed E-state index contributed by atoms with van der Waals surface area (Å²) < 4.78 is 0.968. The van der Waals surface area contributed by atoms with Crippen LogP contribution in [-0.4, -0.2) is 11.7 Å². The molecule has 4 nitrogen and oxygen atoms in total. The summed E-state index contributed by atoms with van der Waals surface area (Å²) in [5.74, 6) is -1.19. The van der Waals surface area contributed by atoms with Crippen LogP contribution in [-0.2, 0) is 0 Å². The Morgan fingerprint density at radius 3 is 2.40 bits per heavy atom. The Labute approximate surface area is 125 Å². The van der Waals surface area contributed by atoms with Crippen LogP contribution < -0.4 is 10.5 Å². The summed E-state index contributed by atoms with van der Waals surface area (Å²) in [6, 6.07) is 14.0. The van der Waals surface area contributed by atoms with Gasteiger partial charge in [-0.1, -0.05) is 46.3 Å². The van der Waals surface area contributed by atoms with Crippen LogP contribution >= 0.6 is 15.9 Å². The number of carboxylic acid groups (broad SMARTS) is 1. The standard InChI is InChI=1S/C15H13BrN2O2/c1-10(13-4-2-3-5-14(13)16)17-18-12-8-6-11(7-9-12)15(19)20/h2-9,18H,1H3,(H,19,20)/p-1/b17-10-. The first-order valence-corrected chi connectivity index (χ1v) is 6.74. The maximum absolute atomic E-state index is 10.6. The number of rotatable bonds is 4. The topological polar surface area (TPSA) is 64.5 Å². The first-order chi connectivity index (χ1) is 9.58. The Bertz CT molecular complexity index is 651. The highest BCUT2D eigenvalue weighted by atomic mass is 79.9. The average molecular weight is 332 g/mol. The summed E-state index contributed by atoms with van der Waals surface area (Å²) in [4.78, 5) is 10.6. The molecule has 0 aliphatic carbocycles. The molecule has 0 heterocycles. The largest absolute Gasteiger partial charge is 0.545 e. The van der Waals surface area contributed by atoms with E-state index in [0.29, 0.717) is 5.69 Å². The molecule has 0 unspecified atom stereocenters. The molecule has 1 N–H and O–H groups in total. The van der Waals surface area contributed by atoms with Gasteiger partial charge in [0, 0.05) is 10.0 Å². The lowest BCUT2D eigenvalue weighted by molar-refractivity contribution is -0.255. The normalized spacial score (nSPS) is 11.2. The summed E-state index contributed by atoms with van der Waals surface area (Å²) in [6.07, 6.45) is 0. The molecule has 0 fully saturated rings. The summed E-state index contributed by atoms with van der Waals surface area (Å²) in [5, 5.41) is 14.9. The smallest absolute Gasteiger partial charge is 0.0715 e. The zero-order valence-corrected chi connectivity index (χ0v) is 12.3. The second kappa shape index (κ2) is 6.34. The Kier molecular flexibility index (Phi) is 4.53. The molecule has 0 atom stereocenters. The van der Waals surface area contributed by atoms with Gasteiger partial charge >= 0.3 is 0 Å². The predicted octanol–water partition coefficient (Wildman–Crippen LogP) is 2.65. The molecule has 2 aromatic rings. The predicted molar refractivity (Wildman–Crippen MR) is 80.7 cm³/mol. The SMILES string of the molecule is C/C(=N/Nc1ccc(C(=O)[O-])cc1)c1ccccc1Br. The van der Waals surface area contributed by atoms with Crippen LogP contribution in [0.3, 0.4) is 0 Å². The van der Waals surface area contributed by atoms with Gasteiger partial charge in [-0.2, -0.15) is 5.10 Å². The molecule has 0 aromatic heterocycles. The third-order valence-electron chi connectivity index (χ3n) is 2.74. The Hall–Kier alpha value is -2.14. The van der Waals surface area contributed by atoms with E-state index < -0.39 is 5.97 Å². The van der Waals surface area contributed by atoms with Crippen LogP contribution in [0.25, 0.3) is 0 Å². The highest BCUT2D eigenvalue weighted by Crippen LogP contribution is 2.17. The number of nitrogens with one attached hydrogen (secondary N) is 1. The van der Waals surface area contributed by atoms with Gasteiger partial charge in [0.15, 0.2) is 0 Å². The third kappa shape index (κ3) is 3.45. The van der Waals surface area contributed by atoms with Gasteiger partial charge in [0.2, 0.25) is 0 Å². The highest BCUT2D eigenvalue weighted by molar-refractivity contribution is 9.10. The second-order valence-corrected chi connectivity index (χ2v) is 5.01. The Morgan fingerprint density at radius 2 is 1.80 bits per heavy atom. The summed E-state index contributed by atoms with van der Waals surface area (Å²) >= 11 is 3.47. The van der Waals surface area contributed by atoms with Crippen molar-refractivity contribution in [3.05, 3.63) is 64.1 Å². The van der Waals surface area contributed by atoms with Gasteiger partial charge in [0.1, 0.15) is 0 Å². The molecule has 0 radical (unpaired) electrons. The van der Waals surface area contributed by atoms with Crippen molar-refractivity contribution in [1.29, 1.82) is 0 Å². The van der Waals surface area contributed by atoms with Gasteiger partial charge in [-0.3, -0.25) is 5.43 Å². The van der Waals surface area contributed by atoms with E-state index in [0.717, 1.165) is 15.7 Å². The Morgan fingerprint density at radius 1 is 1.15 bits per heavy atom. The van der Waals surface area contributed by atoms with Crippen LogP contribution in [0.2, 0.25) is 0 Å². The second-order valence-electron chi connectivity index (χ2n) is 4.15. The van der Waals surface area contributed by atoms with Gasteiger partial charge in [-0.15, -0.1) is 0 Å². The fraction of sp³-hybridized carbons (Fsp3) is 0.0667. The van der Waals surface area contributed by atoms with Gasteiger partial charge in [-0.05, 0) is 30.7 Å². The molecule has 0 saturated carbocycles. The summed E-state index contributed by atoms with van der Waals surface area (Å²) in [7, 11) is 0. The van der Waals surface area contributed by atoms with E-state index in [1.807, 2.05) is 31.2 Å². The highest BCUT2D eigenvalue weighted by Gasteiger charge is 2.02. The zero-order chi connectivity index (χ0) is 14.5. The lowest BCUT2D eigenvalue weighted by Crippen LogP contribution is -2.21. The summed E-state index contributed by atoms with van der Waals surface area (Å²) in [6.45, 7) is 1.89. The number of carbonyl (C=O) groups excluding carboxylic acids is 1. The number of benzene rings is 2. The fourth-order valence-electron chi connectivity index (χ4n) is 1.64. The van der Waals surface area contributed by atoms with E-state index in [1.165, 1.54) is 12.1 Å². The quantitative estimate of drug-likeness (QED) is 0.691. The van der Waals surface area contributed by atoms with E-state index in [2.05, 4.69) is 26.5 Å². The van der Waals surface area contributed by atoms with Crippen LogP contribution in [0.15, 0.2) is 58.1 Å². The van der Waals surface area contributed by atoms with E-state index in [-0.39, 0.29) is 5.56 Å². The number of nitrogens with zero attached hydrogens (tertiary/aromatic N) is 1. The number of anilines is 1. The maximum atomic E-state index is 10.6. The molecular weight excluding hydrogens is 320 g/mol. The molecule has 2 rings (SSSR count). The molecule has 5 heteroatoms. The molecule has 102 valence electrons. The van der Waals surface area contributed by atoms with Crippen molar-refractivity contribution >= 4 is 33.3 Å².